The maximum absolute atomic E-state index is 12.6. The van der Waals surface area contributed by atoms with Gasteiger partial charge >= 0.3 is 12.2 Å². The van der Waals surface area contributed by atoms with Crippen molar-refractivity contribution in [3.05, 3.63) is 35.4 Å². The van der Waals surface area contributed by atoms with Gasteiger partial charge in [-0.3, -0.25) is 0 Å². The molecule has 1 aliphatic carbocycles. The Morgan fingerprint density at radius 1 is 1.46 bits per heavy atom. The summed E-state index contributed by atoms with van der Waals surface area (Å²) in [5.74, 6) is 5.48. The molecule has 0 bridgehead atoms. The fourth-order valence-corrected chi connectivity index (χ4v) is 2.17. The van der Waals surface area contributed by atoms with Crippen LogP contribution in [0.3, 0.4) is 0 Å². The van der Waals surface area contributed by atoms with Crippen molar-refractivity contribution in [2.24, 2.45) is 5.92 Å². The molecule has 1 aromatic carbocycles. The summed E-state index contributed by atoms with van der Waals surface area (Å²) in [6.45, 7) is 0.260. The Balaban J connectivity index is 1.81. The molecule has 130 valence electrons. The van der Waals surface area contributed by atoms with Crippen molar-refractivity contribution in [3.8, 4) is 11.8 Å². The third-order valence-electron chi connectivity index (χ3n) is 3.72. The highest BCUT2D eigenvalue weighted by Gasteiger charge is 2.31. The molecular weight excluding hydrogens is 321 g/mol. The zero-order valence-electron chi connectivity index (χ0n) is 13.2. The molecular formula is C17H19F3N2O2. The van der Waals surface area contributed by atoms with Crippen LogP contribution in [0.15, 0.2) is 24.3 Å². The van der Waals surface area contributed by atoms with Gasteiger partial charge in [0.15, 0.2) is 0 Å². The predicted octanol–water partition coefficient (Wildman–Crippen LogP) is 2.47. The maximum atomic E-state index is 12.6. The third-order valence-corrected chi connectivity index (χ3v) is 3.72. The van der Waals surface area contributed by atoms with Crippen LogP contribution in [-0.2, 0) is 6.18 Å². The third kappa shape index (κ3) is 5.46. The number of halogens is 3. The van der Waals surface area contributed by atoms with E-state index in [0.717, 1.165) is 25.0 Å². The molecule has 1 saturated carbocycles. The quantitative estimate of drug-likeness (QED) is 0.828. The number of aliphatic hydroxyl groups is 1. The van der Waals surface area contributed by atoms with Crippen LogP contribution in [0.5, 0.6) is 0 Å². The first kappa shape index (κ1) is 18.1. The van der Waals surface area contributed by atoms with Crippen molar-refractivity contribution in [1.29, 1.82) is 0 Å². The number of nitrogens with zero attached hydrogens (tertiary/aromatic N) is 1. The monoisotopic (exact) mass is 340 g/mol. The highest BCUT2D eigenvalue weighted by molar-refractivity contribution is 5.74. The number of carbonyl (C=O) groups excluding carboxylic acids is 1. The summed E-state index contributed by atoms with van der Waals surface area (Å²) >= 11 is 0. The number of hydrogen-bond donors (Lipinski definition) is 2. The van der Waals surface area contributed by atoms with Gasteiger partial charge in [0.2, 0.25) is 0 Å². The number of likely N-dealkylation sites (N-methyl/N-ethyl adjacent to an activating group) is 1. The van der Waals surface area contributed by atoms with Gasteiger partial charge in [-0.1, -0.05) is 17.9 Å². The highest BCUT2D eigenvalue weighted by Crippen LogP contribution is 2.32. The summed E-state index contributed by atoms with van der Waals surface area (Å²) < 4.78 is 37.8. The Labute approximate surface area is 138 Å². The smallest absolute Gasteiger partial charge is 0.391 e. The summed E-state index contributed by atoms with van der Waals surface area (Å²) in [5, 5.41) is 12.3. The molecule has 0 saturated heterocycles. The normalized spacial score (nSPS) is 15.2. The van der Waals surface area contributed by atoms with Crippen molar-refractivity contribution >= 4 is 6.03 Å². The van der Waals surface area contributed by atoms with E-state index in [-0.39, 0.29) is 30.6 Å². The molecule has 0 unspecified atom stereocenters. The van der Waals surface area contributed by atoms with Crippen LogP contribution in [-0.4, -0.2) is 42.3 Å². The second-order valence-corrected chi connectivity index (χ2v) is 5.82. The summed E-state index contributed by atoms with van der Waals surface area (Å²) in [5.41, 5.74) is -0.524. The van der Waals surface area contributed by atoms with Crippen LogP contribution in [0.1, 0.15) is 24.0 Å². The van der Waals surface area contributed by atoms with E-state index >= 15 is 0 Å². The molecule has 0 spiro atoms. The molecule has 7 heteroatoms. The van der Waals surface area contributed by atoms with Gasteiger partial charge in [0.05, 0.1) is 18.2 Å². The molecule has 0 radical (unpaired) electrons. The number of alkyl halides is 3. The second-order valence-electron chi connectivity index (χ2n) is 5.82. The molecule has 2 N–H and O–H groups in total. The molecule has 1 atom stereocenters. The Hall–Kier alpha value is -2.20. The second kappa shape index (κ2) is 7.58. The first-order valence-electron chi connectivity index (χ1n) is 7.60. The zero-order valence-corrected chi connectivity index (χ0v) is 13.2. The van der Waals surface area contributed by atoms with Crippen LogP contribution >= 0.6 is 0 Å². The van der Waals surface area contributed by atoms with Gasteiger partial charge in [0, 0.05) is 19.2 Å². The van der Waals surface area contributed by atoms with Crippen molar-refractivity contribution in [2.45, 2.75) is 25.1 Å². The Morgan fingerprint density at radius 3 is 2.79 bits per heavy atom. The van der Waals surface area contributed by atoms with E-state index in [9.17, 15) is 23.1 Å². The van der Waals surface area contributed by atoms with Crippen LogP contribution in [0.2, 0.25) is 0 Å². The Kier molecular flexibility index (Phi) is 5.73. The number of nitrogens with one attached hydrogen (secondary N) is 1. The lowest BCUT2D eigenvalue weighted by Gasteiger charge is -2.20. The summed E-state index contributed by atoms with van der Waals surface area (Å²) in [7, 11) is 1.57. The van der Waals surface area contributed by atoms with E-state index in [4.69, 9.17) is 0 Å². The highest BCUT2D eigenvalue weighted by atomic mass is 19.4. The number of urea groups is 1. The minimum atomic E-state index is -4.41. The largest absolute Gasteiger partial charge is 0.416 e. The molecule has 0 aromatic heterocycles. The molecule has 1 fully saturated rings. The lowest BCUT2D eigenvalue weighted by atomic mass is 10.1. The first-order chi connectivity index (χ1) is 11.3. The van der Waals surface area contributed by atoms with E-state index in [1.54, 1.807) is 7.05 Å². The van der Waals surface area contributed by atoms with Crippen LogP contribution < -0.4 is 5.32 Å². The van der Waals surface area contributed by atoms with Gasteiger partial charge in [-0.25, -0.2) is 4.79 Å². The molecule has 24 heavy (non-hydrogen) atoms. The fourth-order valence-electron chi connectivity index (χ4n) is 2.17. The van der Waals surface area contributed by atoms with Crippen molar-refractivity contribution in [1.82, 2.24) is 10.2 Å². The summed E-state index contributed by atoms with van der Waals surface area (Å²) in [6, 6.07) is 4.33. The van der Waals surface area contributed by atoms with Crippen LogP contribution in [0, 0.1) is 17.8 Å². The van der Waals surface area contributed by atoms with Gasteiger partial charge in [-0.05, 0) is 37.0 Å². The number of amides is 2. The number of hydrogen-bond acceptors (Lipinski definition) is 2. The summed E-state index contributed by atoms with van der Waals surface area (Å²) in [6.07, 6.45) is -2.95. The van der Waals surface area contributed by atoms with Crippen molar-refractivity contribution in [2.75, 3.05) is 20.1 Å². The van der Waals surface area contributed by atoms with E-state index in [2.05, 4.69) is 17.2 Å². The molecule has 2 amide bonds. The van der Waals surface area contributed by atoms with Crippen molar-refractivity contribution < 1.29 is 23.1 Å². The van der Waals surface area contributed by atoms with E-state index in [1.807, 2.05) is 0 Å². The van der Waals surface area contributed by atoms with Gasteiger partial charge < -0.3 is 15.3 Å². The van der Waals surface area contributed by atoms with E-state index < -0.39 is 17.8 Å². The van der Waals surface area contributed by atoms with Gasteiger partial charge in [0.1, 0.15) is 0 Å². The zero-order chi connectivity index (χ0) is 17.7. The average Bonchev–Trinajstić information content (AvgIpc) is 3.35. The van der Waals surface area contributed by atoms with E-state index in [0.29, 0.717) is 0 Å². The molecule has 1 aromatic rings. The van der Waals surface area contributed by atoms with Crippen LogP contribution in [0.25, 0.3) is 0 Å². The molecule has 0 aliphatic heterocycles. The molecule has 1 aliphatic rings. The maximum Gasteiger partial charge on any atom is 0.416 e. The Bertz CT molecular complexity index is 645. The number of rotatable bonds is 4. The number of aliphatic hydroxyl groups excluding tert-OH is 1. The predicted molar refractivity (Wildman–Crippen MR) is 83.1 cm³/mol. The molecule has 4 nitrogen and oxygen atoms in total. The lowest BCUT2D eigenvalue weighted by molar-refractivity contribution is -0.137. The first-order valence-corrected chi connectivity index (χ1v) is 7.60. The standard InChI is InChI=1S/C17H19F3N2O2/c1-22(11-15(23)13-7-8-13)16(24)21-9-3-5-12-4-2-6-14(10-12)17(18,19)20/h2,4,6,10,13,15,23H,7-9,11H2,1H3,(H,21,24)/t15-/m1/s1. The SMILES string of the molecule is CN(C[C@@H](O)C1CC1)C(=O)NCC#Cc1cccc(C(F)(F)F)c1. The Morgan fingerprint density at radius 2 is 2.17 bits per heavy atom. The minimum Gasteiger partial charge on any atom is -0.391 e. The average molecular weight is 340 g/mol. The molecule has 2 rings (SSSR count). The molecule has 0 heterocycles. The van der Waals surface area contributed by atoms with Crippen LogP contribution in [0.4, 0.5) is 18.0 Å². The topological polar surface area (TPSA) is 52.6 Å². The van der Waals surface area contributed by atoms with Gasteiger partial charge in [0.25, 0.3) is 0 Å². The number of carbonyl (C=O) groups is 1. The van der Waals surface area contributed by atoms with E-state index in [1.165, 1.54) is 17.0 Å². The minimum absolute atomic E-state index is 0.0128. The number of benzene rings is 1. The summed E-state index contributed by atoms with van der Waals surface area (Å²) in [4.78, 5) is 13.2. The lowest BCUT2D eigenvalue weighted by Crippen LogP contribution is -2.41. The van der Waals surface area contributed by atoms with Gasteiger partial charge in [-0.15, -0.1) is 0 Å². The van der Waals surface area contributed by atoms with Crippen molar-refractivity contribution in [3.63, 3.8) is 0 Å². The fraction of sp³-hybridized carbons (Fsp3) is 0.471. The van der Waals surface area contributed by atoms with Gasteiger partial charge in [-0.2, -0.15) is 13.2 Å².